The van der Waals surface area contributed by atoms with Gasteiger partial charge in [-0.3, -0.25) is 4.79 Å². The van der Waals surface area contributed by atoms with Gasteiger partial charge in [0.15, 0.2) is 0 Å². The minimum absolute atomic E-state index is 0.214. The highest BCUT2D eigenvalue weighted by Gasteiger charge is 2.14. The van der Waals surface area contributed by atoms with E-state index in [1.54, 1.807) is 23.9 Å². The molecule has 0 saturated carbocycles. The molecule has 104 valence electrons. The SMILES string of the molecule is O=C(CSCc1ccc(F)cc1)N1CCCCCC1. The zero-order chi connectivity index (χ0) is 13.5. The van der Waals surface area contributed by atoms with Gasteiger partial charge in [-0.15, -0.1) is 11.8 Å². The number of likely N-dealkylation sites (tertiary alicyclic amines) is 1. The van der Waals surface area contributed by atoms with Gasteiger partial charge in [0.05, 0.1) is 5.75 Å². The molecule has 19 heavy (non-hydrogen) atoms. The third-order valence-corrected chi connectivity index (χ3v) is 4.35. The molecule has 1 aliphatic heterocycles. The molecule has 1 saturated heterocycles. The Hall–Kier alpha value is -1.03. The summed E-state index contributed by atoms with van der Waals surface area (Å²) in [7, 11) is 0. The quantitative estimate of drug-likeness (QED) is 0.842. The fourth-order valence-electron chi connectivity index (χ4n) is 2.25. The van der Waals surface area contributed by atoms with Crippen LogP contribution in [0.25, 0.3) is 0 Å². The van der Waals surface area contributed by atoms with Gasteiger partial charge in [0.1, 0.15) is 5.82 Å². The third-order valence-electron chi connectivity index (χ3n) is 3.37. The Morgan fingerprint density at radius 1 is 1.11 bits per heavy atom. The molecule has 0 bridgehead atoms. The Morgan fingerprint density at radius 3 is 2.37 bits per heavy atom. The lowest BCUT2D eigenvalue weighted by Gasteiger charge is -2.19. The maximum Gasteiger partial charge on any atom is 0.232 e. The predicted molar refractivity (Wildman–Crippen MR) is 77.6 cm³/mol. The average molecular weight is 281 g/mol. The van der Waals surface area contributed by atoms with Crippen molar-refractivity contribution >= 4 is 17.7 Å². The predicted octanol–water partition coefficient (Wildman–Crippen LogP) is 3.46. The Balaban J connectivity index is 1.72. The molecular weight excluding hydrogens is 261 g/mol. The number of carbonyl (C=O) groups excluding carboxylic acids is 1. The third kappa shape index (κ3) is 4.86. The van der Waals surface area contributed by atoms with Gasteiger partial charge in [0.25, 0.3) is 0 Å². The van der Waals surface area contributed by atoms with Crippen LogP contribution in [0.4, 0.5) is 4.39 Å². The molecule has 2 rings (SSSR count). The van der Waals surface area contributed by atoms with Crippen LogP contribution in [-0.4, -0.2) is 29.6 Å². The number of hydrogen-bond acceptors (Lipinski definition) is 2. The maximum atomic E-state index is 12.8. The van der Waals surface area contributed by atoms with Crippen LogP contribution in [0.3, 0.4) is 0 Å². The Labute approximate surface area is 118 Å². The lowest BCUT2D eigenvalue weighted by Crippen LogP contribution is -2.33. The van der Waals surface area contributed by atoms with Crippen LogP contribution in [0.5, 0.6) is 0 Å². The van der Waals surface area contributed by atoms with Crippen molar-refractivity contribution < 1.29 is 9.18 Å². The molecule has 1 fully saturated rings. The first kappa shape index (κ1) is 14.4. The van der Waals surface area contributed by atoms with Gasteiger partial charge >= 0.3 is 0 Å². The molecule has 1 heterocycles. The van der Waals surface area contributed by atoms with E-state index in [2.05, 4.69) is 0 Å². The van der Waals surface area contributed by atoms with Crippen molar-refractivity contribution in [1.82, 2.24) is 4.90 Å². The number of carbonyl (C=O) groups is 1. The van der Waals surface area contributed by atoms with E-state index < -0.39 is 0 Å². The molecule has 0 N–H and O–H groups in total. The summed E-state index contributed by atoms with van der Waals surface area (Å²) in [5, 5.41) is 0. The summed E-state index contributed by atoms with van der Waals surface area (Å²) in [4.78, 5) is 14.0. The minimum atomic E-state index is -0.214. The monoisotopic (exact) mass is 281 g/mol. The molecular formula is C15H20FNOS. The summed E-state index contributed by atoms with van der Waals surface area (Å²) in [6.45, 7) is 1.83. The highest BCUT2D eigenvalue weighted by molar-refractivity contribution is 7.99. The van der Waals surface area contributed by atoms with E-state index in [9.17, 15) is 9.18 Å². The smallest absolute Gasteiger partial charge is 0.232 e. The van der Waals surface area contributed by atoms with Crippen molar-refractivity contribution in [2.45, 2.75) is 31.4 Å². The van der Waals surface area contributed by atoms with E-state index in [-0.39, 0.29) is 11.7 Å². The Morgan fingerprint density at radius 2 is 1.74 bits per heavy atom. The summed E-state index contributed by atoms with van der Waals surface area (Å²) >= 11 is 1.61. The lowest BCUT2D eigenvalue weighted by molar-refractivity contribution is -0.128. The first-order valence-corrected chi connectivity index (χ1v) is 8.01. The number of halogens is 1. The first-order valence-electron chi connectivity index (χ1n) is 6.85. The van der Waals surface area contributed by atoms with Crippen LogP contribution >= 0.6 is 11.8 Å². The standard InChI is InChI=1S/C15H20FNOS/c16-14-7-5-13(6-8-14)11-19-12-15(18)17-9-3-1-2-4-10-17/h5-8H,1-4,9-12H2. The van der Waals surface area contributed by atoms with Crippen molar-refractivity contribution in [3.8, 4) is 0 Å². The number of benzene rings is 1. The van der Waals surface area contributed by atoms with Crippen LogP contribution in [0.15, 0.2) is 24.3 Å². The van der Waals surface area contributed by atoms with Gasteiger partial charge in [-0.1, -0.05) is 25.0 Å². The molecule has 4 heteroatoms. The van der Waals surface area contributed by atoms with Gasteiger partial charge in [0.2, 0.25) is 5.91 Å². The van der Waals surface area contributed by atoms with Crippen LogP contribution in [0.1, 0.15) is 31.2 Å². The highest BCUT2D eigenvalue weighted by atomic mass is 32.2. The fraction of sp³-hybridized carbons (Fsp3) is 0.533. The van der Waals surface area contributed by atoms with Gasteiger partial charge in [-0.05, 0) is 30.5 Å². The van der Waals surface area contributed by atoms with Crippen molar-refractivity contribution in [2.24, 2.45) is 0 Å². The second-order valence-corrected chi connectivity index (χ2v) is 5.90. The van der Waals surface area contributed by atoms with E-state index in [0.29, 0.717) is 5.75 Å². The number of nitrogens with zero attached hydrogens (tertiary/aromatic N) is 1. The average Bonchev–Trinajstić information content (AvgIpc) is 2.70. The van der Waals surface area contributed by atoms with E-state index in [1.165, 1.54) is 25.0 Å². The number of rotatable bonds is 4. The number of thioether (sulfide) groups is 1. The zero-order valence-corrected chi connectivity index (χ0v) is 11.9. The van der Waals surface area contributed by atoms with E-state index >= 15 is 0 Å². The van der Waals surface area contributed by atoms with Crippen molar-refractivity contribution in [3.05, 3.63) is 35.6 Å². The molecule has 0 atom stereocenters. The molecule has 0 radical (unpaired) electrons. The summed E-state index contributed by atoms with van der Waals surface area (Å²) in [5.41, 5.74) is 1.06. The van der Waals surface area contributed by atoms with Crippen molar-refractivity contribution in [2.75, 3.05) is 18.8 Å². The van der Waals surface area contributed by atoms with Gasteiger partial charge in [0, 0.05) is 18.8 Å². The van der Waals surface area contributed by atoms with Crippen molar-refractivity contribution in [1.29, 1.82) is 0 Å². The summed E-state index contributed by atoms with van der Waals surface area (Å²) in [6, 6.07) is 6.48. The Bertz CT molecular complexity index is 399. The van der Waals surface area contributed by atoms with Crippen LogP contribution in [-0.2, 0) is 10.5 Å². The second-order valence-electron chi connectivity index (χ2n) is 4.91. The molecule has 0 spiro atoms. The van der Waals surface area contributed by atoms with E-state index in [1.807, 2.05) is 4.90 Å². The summed E-state index contributed by atoms with van der Waals surface area (Å²) in [5.74, 6) is 1.32. The van der Waals surface area contributed by atoms with Gasteiger partial charge in [-0.25, -0.2) is 4.39 Å². The first-order chi connectivity index (χ1) is 9.25. The molecule has 0 aromatic heterocycles. The molecule has 1 aromatic carbocycles. The van der Waals surface area contributed by atoms with Crippen LogP contribution in [0, 0.1) is 5.82 Å². The largest absolute Gasteiger partial charge is 0.342 e. The fourth-order valence-corrected chi connectivity index (χ4v) is 3.14. The highest BCUT2D eigenvalue weighted by Crippen LogP contribution is 2.15. The maximum absolute atomic E-state index is 12.8. The normalized spacial score (nSPS) is 16.2. The number of hydrogen-bond donors (Lipinski definition) is 0. The topological polar surface area (TPSA) is 20.3 Å². The molecule has 0 unspecified atom stereocenters. The Kier molecular flexibility index (Phi) is 5.70. The molecule has 0 aliphatic carbocycles. The van der Waals surface area contributed by atoms with Crippen LogP contribution in [0.2, 0.25) is 0 Å². The summed E-state index contributed by atoms with van der Waals surface area (Å²) in [6.07, 6.45) is 4.75. The van der Waals surface area contributed by atoms with Crippen LogP contribution < -0.4 is 0 Å². The molecule has 1 aliphatic rings. The second kappa shape index (κ2) is 7.53. The minimum Gasteiger partial charge on any atom is -0.342 e. The van der Waals surface area contributed by atoms with Crippen molar-refractivity contribution in [3.63, 3.8) is 0 Å². The summed E-state index contributed by atoms with van der Waals surface area (Å²) < 4.78 is 12.8. The molecule has 1 amide bonds. The van der Waals surface area contributed by atoms with E-state index in [0.717, 1.165) is 37.2 Å². The van der Waals surface area contributed by atoms with E-state index in [4.69, 9.17) is 0 Å². The van der Waals surface area contributed by atoms with Gasteiger partial charge < -0.3 is 4.90 Å². The lowest BCUT2D eigenvalue weighted by atomic mass is 10.2. The molecule has 1 aromatic rings. The zero-order valence-electron chi connectivity index (χ0n) is 11.1. The number of amides is 1. The molecule has 2 nitrogen and oxygen atoms in total. The van der Waals surface area contributed by atoms with Gasteiger partial charge in [-0.2, -0.15) is 0 Å².